The van der Waals surface area contributed by atoms with Crippen molar-refractivity contribution in [3.63, 3.8) is 0 Å². The number of hydrogen-bond donors (Lipinski definition) is 2. The van der Waals surface area contributed by atoms with Crippen molar-refractivity contribution in [1.29, 1.82) is 0 Å². The normalized spacial score (nSPS) is 18.6. The van der Waals surface area contributed by atoms with Gasteiger partial charge in [0.25, 0.3) is 5.91 Å². The van der Waals surface area contributed by atoms with Crippen molar-refractivity contribution in [1.82, 2.24) is 14.9 Å². The van der Waals surface area contributed by atoms with Gasteiger partial charge in [-0.1, -0.05) is 0 Å². The van der Waals surface area contributed by atoms with E-state index in [1.807, 2.05) is 0 Å². The molecule has 0 radical (unpaired) electrons. The number of β-amino-alcohol motifs (C(OH)–C–C–N with tert-alkyl or cyclic N) is 1. The molecule has 2 aliphatic rings. The van der Waals surface area contributed by atoms with Crippen molar-refractivity contribution in [2.75, 3.05) is 11.4 Å². The standard InChI is InChI=1S/C26H23F5N4O4/c1-12-6-17(27)22(18(28)7-12)35-11-16(25(39)32-19(13-2-3-13)9-26(29,30)31)23(38)15-4-5-20(33-24(15)35)34-10-14(36)8-21(34)37/h4-7,11,13-14,19,36H,2-3,8-10H2,1H3,(H,32,39)/t14-,19?/m0/s1. The number of aryl methyl sites for hydroxylation is 1. The molecule has 2 N–H and O–H groups in total. The summed E-state index contributed by atoms with van der Waals surface area (Å²) in [6.07, 6.45) is -5.14. The van der Waals surface area contributed by atoms with E-state index in [-0.39, 0.29) is 35.4 Å². The number of benzene rings is 1. The number of rotatable bonds is 6. The second-order valence-electron chi connectivity index (χ2n) is 9.96. The Hall–Kier alpha value is -3.87. The van der Waals surface area contributed by atoms with Gasteiger partial charge >= 0.3 is 6.18 Å². The van der Waals surface area contributed by atoms with Crippen molar-refractivity contribution in [2.24, 2.45) is 5.92 Å². The van der Waals surface area contributed by atoms with E-state index in [2.05, 4.69) is 10.3 Å². The summed E-state index contributed by atoms with van der Waals surface area (Å²) < 4.78 is 70.3. The molecule has 1 aliphatic heterocycles. The van der Waals surface area contributed by atoms with Crippen molar-refractivity contribution in [2.45, 2.75) is 50.9 Å². The molecule has 3 heterocycles. The summed E-state index contributed by atoms with van der Waals surface area (Å²) in [5.41, 5.74) is -2.26. The van der Waals surface area contributed by atoms with Gasteiger partial charge in [0.1, 0.15) is 17.1 Å². The second kappa shape index (κ2) is 9.70. The Morgan fingerprint density at radius 2 is 1.85 bits per heavy atom. The van der Waals surface area contributed by atoms with Crippen LogP contribution in [0.15, 0.2) is 35.3 Å². The maximum Gasteiger partial charge on any atom is 0.391 e. The predicted octanol–water partition coefficient (Wildman–Crippen LogP) is 3.53. The van der Waals surface area contributed by atoms with Crippen LogP contribution in [0.25, 0.3) is 16.7 Å². The van der Waals surface area contributed by atoms with E-state index < -0.39 is 70.8 Å². The zero-order chi connectivity index (χ0) is 28.2. The molecule has 5 rings (SSSR count). The molecule has 1 saturated carbocycles. The van der Waals surface area contributed by atoms with E-state index >= 15 is 8.78 Å². The molecule has 2 aromatic heterocycles. The predicted molar refractivity (Wildman–Crippen MR) is 130 cm³/mol. The number of hydrogen-bond acceptors (Lipinski definition) is 5. The van der Waals surface area contributed by atoms with Gasteiger partial charge in [0, 0.05) is 12.2 Å². The first-order valence-corrected chi connectivity index (χ1v) is 12.2. The number of aromatic nitrogens is 2. The Morgan fingerprint density at radius 3 is 2.41 bits per heavy atom. The van der Waals surface area contributed by atoms with Crippen LogP contribution in [0, 0.1) is 24.5 Å². The molecule has 3 aromatic rings. The summed E-state index contributed by atoms with van der Waals surface area (Å²) in [6.45, 7) is 1.37. The molecule has 13 heteroatoms. The molecule has 0 spiro atoms. The van der Waals surface area contributed by atoms with E-state index in [0.717, 1.165) is 27.8 Å². The number of aliphatic hydroxyl groups is 1. The van der Waals surface area contributed by atoms with Gasteiger partial charge in [-0.05, 0) is 55.5 Å². The first-order valence-electron chi connectivity index (χ1n) is 12.2. The van der Waals surface area contributed by atoms with Crippen LogP contribution in [0.2, 0.25) is 0 Å². The topological polar surface area (TPSA) is 105 Å². The minimum absolute atomic E-state index is 0.00121. The summed E-state index contributed by atoms with van der Waals surface area (Å²) >= 11 is 0. The largest absolute Gasteiger partial charge is 0.391 e. The van der Waals surface area contributed by atoms with Gasteiger partial charge in [0.15, 0.2) is 17.3 Å². The lowest BCUT2D eigenvalue weighted by Crippen LogP contribution is -2.41. The lowest BCUT2D eigenvalue weighted by Gasteiger charge is -2.21. The Labute approximate surface area is 218 Å². The third kappa shape index (κ3) is 5.35. The van der Waals surface area contributed by atoms with Gasteiger partial charge < -0.3 is 10.4 Å². The Morgan fingerprint density at radius 1 is 1.18 bits per heavy atom. The molecular formula is C26H23F5N4O4. The van der Waals surface area contributed by atoms with Gasteiger partial charge in [-0.25, -0.2) is 13.8 Å². The van der Waals surface area contributed by atoms with Crippen LogP contribution >= 0.6 is 0 Å². The van der Waals surface area contributed by atoms with Gasteiger partial charge in [-0.2, -0.15) is 13.2 Å². The van der Waals surface area contributed by atoms with Gasteiger partial charge in [0.05, 0.1) is 30.9 Å². The maximum atomic E-state index is 15.1. The average Bonchev–Trinajstić information content (AvgIpc) is 3.62. The zero-order valence-electron chi connectivity index (χ0n) is 20.6. The van der Waals surface area contributed by atoms with Crippen molar-refractivity contribution in [3.8, 4) is 5.69 Å². The summed E-state index contributed by atoms with van der Waals surface area (Å²) in [4.78, 5) is 44.2. The molecule has 1 saturated heterocycles. The van der Waals surface area contributed by atoms with Gasteiger partial charge in [-0.3, -0.25) is 23.9 Å². The Bertz CT molecular complexity index is 1530. The SMILES string of the molecule is Cc1cc(F)c(-n2cc(C(=O)NC(CC(F)(F)F)C3CC3)c(=O)c3ccc(N4C[C@@H](O)CC4=O)nc32)c(F)c1. The molecule has 1 unspecified atom stereocenters. The highest BCUT2D eigenvalue weighted by Crippen LogP contribution is 2.38. The molecule has 1 aromatic carbocycles. The van der Waals surface area contributed by atoms with Crippen molar-refractivity contribution >= 4 is 28.7 Å². The van der Waals surface area contributed by atoms with Crippen LogP contribution in [0.4, 0.5) is 27.8 Å². The van der Waals surface area contributed by atoms with Gasteiger partial charge in [0.2, 0.25) is 11.3 Å². The lowest BCUT2D eigenvalue weighted by molar-refractivity contribution is -0.140. The van der Waals surface area contributed by atoms with E-state index in [9.17, 15) is 32.7 Å². The van der Waals surface area contributed by atoms with Gasteiger partial charge in [-0.15, -0.1) is 0 Å². The van der Waals surface area contributed by atoms with Crippen molar-refractivity contribution in [3.05, 3.63) is 63.4 Å². The molecule has 206 valence electrons. The van der Waals surface area contributed by atoms with Crippen LogP contribution in [0.1, 0.15) is 41.6 Å². The third-order valence-electron chi connectivity index (χ3n) is 6.82. The first-order chi connectivity index (χ1) is 18.3. The van der Waals surface area contributed by atoms with Crippen LogP contribution < -0.4 is 15.6 Å². The number of amides is 2. The van der Waals surface area contributed by atoms with Crippen LogP contribution in [-0.2, 0) is 4.79 Å². The number of nitrogens with one attached hydrogen (secondary N) is 1. The van der Waals surface area contributed by atoms with E-state index in [0.29, 0.717) is 12.8 Å². The Kier molecular flexibility index (Phi) is 6.65. The lowest BCUT2D eigenvalue weighted by atomic mass is 10.1. The number of nitrogens with zero attached hydrogens (tertiary/aromatic N) is 3. The maximum absolute atomic E-state index is 15.1. The summed E-state index contributed by atoms with van der Waals surface area (Å²) in [7, 11) is 0. The zero-order valence-corrected chi connectivity index (χ0v) is 20.6. The Balaban J connectivity index is 1.67. The smallest absolute Gasteiger partial charge is 0.391 e. The number of pyridine rings is 2. The molecule has 0 bridgehead atoms. The van der Waals surface area contributed by atoms with Crippen molar-refractivity contribution < 1.29 is 36.6 Å². The molecule has 8 nitrogen and oxygen atoms in total. The minimum atomic E-state index is -4.56. The highest BCUT2D eigenvalue weighted by atomic mass is 19.4. The first kappa shape index (κ1) is 26.7. The number of anilines is 1. The molecule has 2 atom stereocenters. The quantitative estimate of drug-likeness (QED) is 0.457. The van der Waals surface area contributed by atoms with Crippen LogP contribution in [0.5, 0.6) is 0 Å². The minimum Gasteiger partial charge on any atom is -0.391 e. The summed E-state index contributed by atoms with van der Waals surface area (Å²) in [6, 6.07) is 3.28. The molecule has 1 aliphatic carbocycles. The third-order valence-corrected chi connectivity index (χ3v) is 6.82. The molecule has 2 amide bonds. The van der Waals surface area contributed by atoms with E-state index in [1.165, 1.54) is 19.1 Å². The fraction of sp³-hybridized carbons (Fsp3) is 0.385. The van der Waals surface area contributed by atoms with Crippen LogP contribution in [0.3, 0.4) is 0 Å². The fourth-order valence-corrected chi connectivity index (χ4v) is 4.84. The molecule has 2 fully saturated rings. The number of alkyl halides is 3. The fourth-order valence-electron chi connectivity index (χ4n) is 4.84. The van der Waals surface area contributed by atoms with E-state index in [4.69, 9.17) is 0 Å². The highest BCUT2D eigenvalue weighted by molar-refractivity contribution is 5.99. The monoisotopic (exact) mass is 550 g/mol. The summed E-state index contributed by atoms with van der Waals surface area (Å²) in [5, 5.41) is 11.9. The van der Waals surface area contributed by atoms with Crippen LogP contribution in [-0.4, -0.2) is 51.3 Å². The summed E-state index contributed by atoms with van der Waals surface area (Å²) in [5.74, 6) is -4.06. The number of carbonyl (C=O) groups is 2. The number of aliphatic hydroxyl groups excluding tert-OH is 1. The second-order valence-corrected chi connectivity index (χ2v) is 9.96. The molecular weight excluding hydrogens is 527 g/mol. The highest BCUT2D eigenvalue weighted by Gasteiger charge is 2.41. The van der Waals surface area contributed by atoms with E-state index in [1.54, 1.807) is 0 Å². The number of carbonyl (C=O) groups excluding carboxylic acids is 2. The molecule has 39 heavy (non-hydrogen) atoms. The number of halogens is 5. The number of fused-ring (bicyclic) bond motifs is 1. The average molecular weight is 550 g/mol.